The van der Waals surface area contributed by atoms with Crippen molar-refractivity contribution in [3.05, 3.63) is 54.6 Å². The zero-order valence-electron chi connectivity index (χ0n) is 17.6. The molecule has 33 heavy (non-hydrogen) atoms. The third-order valence-corrected chi connectivity index (χ3v) is 7.00. The number of benzene rings is 1. The van der Waals surface area contributed by atoms with Gasteiger partial charge in [-0.15, -0.1) is 0 Å². The first-order chi connectivity index (χ1) is 15.9. The maximum Gasteiger partial charge on any atom is 0.313 e. The van der Waals surface area contributed by atoms with E-state index in [9.17, 15) is 13.2 Å². The minimum absolute atomic E-state index is 0.0189. The number of pyridine rings is 1. The second-order valence-corrected chi connectivity index (χ2v) is 9.65. The van der Waals surface area contributed by atoms with Gasteiger partial charge in [-0.2, -0.15) is 0 Å². The molecule has 1 aliphatic heterocycles. The van der Waals surface area contributed by atoms with Gasteiger partial charge in [-0.1, -0.05) is 6.92 Å². The molecule has 1 aromatic carbocycles. The van der Waals surface area contributed by atoms with Crippen LogP contribution in [0, 0.1) is 0 Å². The predicted molar refractivity (Wildman–Crippen MR) is 117 cm³/mol. The lowest BCUT2D eigenvalue weighted by Crippen LogP contribution is -2.08. The lowest BCUT2D eigenvalue weighted by Gasteiger charge is -2.14. The normalized spacial score (nSPS) is 16.2. The van der Waals surface area contributed by atoms with Crippen LogP contribution >= 0.6 is 0 Å². The molecule has 0 amide bonds. The van der Waals surface area contributed by atoms with E-state index in [1.54, 1.807) is 37.6 Å². The molecule has 1 atom stereocenters. The zero-order chi connectivity index (χ0) is 23.0. The lowest BCUT2D eigenvalue weighted by atomic mass is 9.96. The van der Waals surface area contributed by atoms with Crippen molar-refractivity contribution < 1.29 is 22.7 Å². The van der Waals surface area contributed by atoms with E-state index in [1.165, 1.54) is 18.3 Å². The predicted octanol–water partition coefficient (Wildman–Crippen LogP) is 3.03. The van der Waals surface area contributed by atoms with E-state index in [0.717, 1.165) is 0 Å². The second kappa shape index (κ2) is 8.24. The summed E-state index contributed by atoms with van der Waals surface area (Å²) in [6.07, 6.45) is 6.62. The molecule has 3 aromatic heterocycles. The van der Waals surface area contributed by atoms with Crippen molar-refractivity contribution in [2.45, 2.75) is 24.3 Å². The molecule has 168 valence electrons. The van der Waals surface area contributed by atoms with Gasteiger partial charge in [0.05, 0.1) is 41.7 Å². The van der Waals surface area contributed by atoms with Gasteiger partial charge in [0.15, 0.2) is 20.7 Å². The number of ether oxygens (including phenoxy) is 2. The number of rotatable bonds is 6. The number of nitrogens with one attached hydrogen (secondary N) is 1. The third-order valence-electron chi connectivity index (χ3n) is 5.37. The largest absolute Gasteiger partial charge is 0.465 e. The van der Waals surface area contributed by atoms with Crippen LogP contribution in [0.3, 0.4) is 0 Å². The van der Waals surface area contributed by atoms with Gasteiger partial charge in [-0.05, 0) is 24.6 Å². The first-order valence-electron chi connectivity index (χ1n) is 10.3. The van der Waals surface area contributed by atoms with Gasteiger partial charge in [0, 0.05) is 24.0 Å². The zero-order valence-corrected chi connectivity index (χ0v) is 18.4. The fourth-order valence-electron chi connectivity index (χ4n) is 3.62. The van der Waals surface area contributed by atoms with Crippen molar-refractivity contribution in [2.24, 2.45) is 0 Å². The van der Waals surface area contributed by atoms with E-state index < -0.39 is 15.8 Å². The van der Waals surface area contributed by atoms with Crippen LogP contribution in [0.5, 0.6) is 11.5 Å². The number of cyclic esters (lactones) is 1. The molecule has 1 unspecified atom stereocenters. The number of sulfone groups is 1. The highest BCUT2D eigenvalue weighted by Crippen LogP contribution is 2.38. The smallest absolute Gasteiger partial charge is 0.313 e. The third kappa shape index (κ3) is 4.02. The van der Waals surface area contributed by atoms with Crippen LogP contribution in [0.4, 0.5) is 0 Å². The number of carbonyl (C=O) groups excluding carboxylic acids is 1. The quantitative estimate of drug-likeness (QED) is 0.426. The summed E-state index contributed by atoms with van der Waals surface area (Å²) in [6, 6.07) is 6.48. The average molecular weight is 465 g/mol. The van der Waals surface area contributed by atoms with Gasteiger partial charge in [0.2, 0.25) is 0 Å². The molecule has 4 aromatic rings. The van der Waals surface area contributed by atoms with Crippen LogP contribution in [0.1, 0.15) is 24.8 Å². The average Bonchev–Trinajstić information content (AvgIpc) is 3.45. The van der Waals surface area contributed by atoms with Crippen LogP contribution in [-0.4, -0.2) is 51.7 Å². The summed E-state index contributed by atoms with van der Waals surface area (Å²) in [4.78, 5) is 32.5. The number of aromatic nitrogens is 5. The molecule has 0 saturated carbocycles. The molecular weight excluding hydrogens is 446 g/mol. The highest BCUT2D eigenvalue weighted by Gasteiger charge is 2.31. The van der Waals surface area contributed by atoms with E-state index in [-0.39, 0.29) is 16.7 Å². The van der Waals surface area contributed by atoms with Crippen molar-refractivity contribution in [1.29, 1.82) is 0 Å². The molecule has 0 bridgehead atoms. The molecule has 5 rings (SSSR count). The van der Waals surface area contributed by atoms with E-state index in [1.807, 2.05) is 0 Å². The summed E-state index contributed by atoms with van der Waals surface area (Å²) in [6.45, 7) is 1.89. The standard InChI is InChI=1S/C22H19N5O5S/c1-2-33(29,30)20-4-3-13(11-25-20)32-19-10-17-16(9-15(19)14-5-8-31-22(14)28)26-21(27-17)18-12-23-6-7-24-18/h3-4,6-7,9-12,14H,2,5,8H2,1H3,(H,26,27). The second-order valence-electron chi connectivity index (χ2n) is 7.43. The monoisotopic (exact) mass is 465 g/mol. The van der Waals surface area contributed by atoms with E-state index >= 15 is 0 Å². The fourth-order valence-corrected chi connectivity index (χ4v) is 4.41. The van der Waals surface area contributed by atoms with Crippen LogP contribution in [0.2, 0.25) is 0 Å². The number of aromatic amines is 1. The highest BCUT2D eigenvalue weighted by atomic mass is 32.2. The van der Waals surface area contributed by atoms with Gasteiger partial charge >= 0.3 is 5.97 Å². The maximum absolute atomic E-state index is 12.3. The molecular formula is C22H19N5O5S. The Hall–Kier alpha value is -3.86. The highest BCUT2D eigenvalue weighted by molar-refractivity contribution is 7.91. The minimum Gasteiger partial charge on any atom is -0.465 e. The van der Waals surface area contributed by atoms with Gasteiger partial charge in [0.25, 0.3) is 0 Å². The van der Waals surface area contributed by atoms with Crippen molar-refractivity contribution in [3.63, 3.8) is 0 Å². The Morgan fingerprint density at radius 2 is 2.06 bits per heavy atom. The molecule has 4 heterocycles. The SMILES string of the molecule is CCS(=O)(=O)c1ccc(Oc2cc3[nH]c(-c4cnccn4)nc3cc2C2CCOC2=O)cn1. The number of imidazole rings is 1. The van der Waals surface area contributed by atoms with Gasteiger partial charge < -0.3 is 14.5 Å². The molecule has 10 nitrogen and oxygen atoms in total. The van der Waals surface area contributed by atoms with Gasteiger partial charge in [-0.25, -0.2) is 23.4 Å². The number of hydrogen-bond donors (Lipinski definition) is 1. The first-order valence-corrected chi connectivity index (χ1v) is 11.9. The van der Waals surface area contributed by atoms with E-state index in [0.29, 0.717) is 52.6 Å². The number of carbonyl (C=O) groups is 1. The summed E-state index contributed by atoms with van der Waals surface area (Å²) >= 11 is 0. The Labute approximate surface area is 189 Å². The summed E-state index contributed by atoms with van der Waals surface area (Å²) in [5, 5.41) is -0.0189. The van der Waals surface area contributed by atoms with Crippen molar-refractivity contribution in [1.82, 2.24) is 24.9 Å². The first kappa shape index (κ1) is 21.0. The minimum atomic E-state index is -3.42. The molecule has 1 aliphatic rings. The number of H-pyrrole nitrogens is 1. The number of fused-ring (bicyclic) bond motifs is 1. The summed E-state index contributed by atoms with van der Waals surface area (Å²) < 4.78 is 35.3. The van der Waals surface area contributed by atoms with Gasteiger partial charge in [-0.3, -0.25) is 9.78 Å². The van der Waals surface area contributed by atoms with Crippen molar-refractivity contribution in [3.8, 4) is 23.0 Å². The van der Waals surface area contributed by atoms with Crippen LogP contribution < -0.4 is 4.74 Å². The van der Waals surface area contributed by atoms with Gasteiger partial charge in [0.1, 0.15) is 17.2 Å². The Kier molecular flexibility index (Phi) is 5.25. The van der Waals surface area contributed by atoms with E-state index in [2.05, 4.69) is 24.9 Å². The van der Waals surface area contributed by atoms with Crippen molar-refractivity contribution in [2.75, 3.05) is 12.4 Å². The number of hydrogen-bond acceptors (Lipinski definition) is 9. The van der Waals surface area contributed by atoms with Crippen LogP contribution in [0.15, 0.2) is 54.1 Å². The molecule has 0 aliphatic carbocycles. The molecule has 1 saturated heterocycles. The maximum atomic E-state index is 12.3. The Bertz CT molecular complexity index is 1440. The molecule has 1 N–H and O–H groups in total. The molecule has 11 heteroatoms. The molecule has 0 radical (unpaired) electrons. The van der Waals surface area contributed by atoms with Crippen LogP contribution in [0.25, 0.3) is 22.6 Å². The summed E-state index contributed by atoms with van der Waals surface area (Å²) in [7, 11) is -3.42. The number of esters is 1. The summed E-state index contributed by atoms with van der Waals surface area (Å²) in [5.41, 5.74) is 2.53. The van der Waals surface area contributed by atoms with Crippen molar-refractivity contribution >= 4 is 26.8 Å². The van der Waals surface area contributed by atoms with E-state index in [4.69, 9.17) is 9.47 Å². The Morgan fingerprint density at radius 3 is 2.73 bits per heavy atom. The lowest BCUT2D eigenvalue weighted by molar-refractivity contribution is -0.139. The molecule has 1 fully saturated rings. The fraction of sp³-hybridized carbons (Fsp3) is 0.227. The Balaban J connectivity index is 1.56. The Morgan fingerprint density at radius 1 is 1.18 bits per heavy atom. The topological polar surface area (TPSA) is 137 Å². The molecule has 0 spiro atoms. The number of nitrogens with zero attached hydrogens (tertiary/aromatic N) is 4. The summed E-state index contributed by atoms with van der Waals surface area (Å²) in [5.74, 6) is 0.434. The van der Waals surface area contributed by atoms with Crippen LogP contribution in [-0.2, 0) is 19.4 Å².